The molecule has 0 saturated heterocycles. The van der Waals surface area contributed by atoms with Crippen LogP contribution in [0.25, 0.3) is 0 Å². The van der Waals surface area contributed by atoms with Crippen LogP contribution in [-0.4, -0.2) is 23.7 Å². The van der Waals surface area contributed by atoms with Crippen molar-refractivity contribution in [3.05, 3.63) is 71.8 Å². The van der Waals surface area contributed by atoms with E-state index < -0.39 is 5.97 Å². The molecule has 5 heteroatoms. The number of hydrogen-bond acceptors (Lipinski definition) is 2. The summed E-state index contributed by atoms with van der Waals surface area (Å²) in [6.07, 6.45) is -0.102. The summed E-state index contributed by atoms with van der Waals surface area (Å²) in [6, 6.07) is 18.6. The van der Waals surface area contributed by atoms with Crippen LogP contribution in [0, 0.1) is 0 Å². The van der Waals surface area contributed by atoms with Gasteiger partial charge in [0.25, 0.3) is 0 Å². The molecule has 3 N–H and O–H groups in total. The maximum Gasteiger partial charge on any atom is 0.315 e. The van der Waals surface area contributed by atoms with Crippen molar-refractivity contribution in [2.75, 3.05) is 6.54 Å². The van der Waals surface area contributed by atoms with Crippen LogP contribution in [0.3, 0.4) is 0 Å². The van der Waals surface area contributed by atoms with Crippen LogP contribution < -0.4 is 10.6 Å². The van der Waals surface area contributed by atoms with Crippen molar-refractivity contribution >= 4 is 12.0 Å². The normalized spacial score (nSPS) is 10.2. The van der Waals surface area contributed by atoms with Crippen LogP contribution in [0.1, 0.15) is 23.6 Å². The lowest BCUT2D eigenvalue weighted by molar-refractivity contribution is -0.136. The van der Waals surface area contributed by atoms with Crippen molar-refractivity contribution in [2.45, 2.75) is 12.5 Å². The Balaban J connectivity index is 2.09. The molecule has 0 aliphatic rings. The van der Waals surface area contributed by atoms with Crippen molar-refractivity contribution in [1.29, 1.82) is 0 Å². The number of carbonyl (C=O) groups is 2. The number of nitrogens with one attached hydrogen (secondary N) is 2. The van der Waals surface area contributed by atoms with E-state index in [1.54, 1.807) is 0 Å². The van der Waals surface area contributed by atoms with Gasteiger partial charge in [-0.05, 0) is 11.1 Å². The van der Waals surface area contributed by atoms with Crippen LogP contribution in [0.2, 0.25) is 0 Å². The first kappa shape index (κ1) is 15.6. The van der Waals surface area contributed by atoms with E-state index in [1.165, 1.54) is 0 Å². The second-order valence-electron chi connectivity index (χ2n) is 4.80. The Bertz CT molecular complexity index is 575. The summed E-state index contributed by atoms with van der Waals surface area (Å²) < 4.78 is 0. The molecule has 2 aromatic carbocycles. The minimum absolute atomic E-state index is 0.0947. The summed E-state index contributed by atoms with van der Waals surface area (Å²) in [7, 11) is 0. The summed E-state index contributed by atoms with van der Waals surface area (Å²) in [5, 5.41) is 14.0. The Hall–Kier alpha value is -2.82. The number of aliphatic carboxylic acids is 1. The molecule has 114 valence electrons. The Morgan fingerprint density at radius 3 is 1.86 bits per heavy atom. The van der Waals surface area contributed by atoms with Crippen molar-refractivity contribution in [1.82, 2.24) is 10.6 Å². The zero-order valence-electron chi connectivity index (χ0n) is 12.0. The predicted molar refractivity (Wildman–Crippen MR) is 83.5 cm³/mol. The number of hydrogen-bond donors (Lipinski definition) is 3. The highest BCUT2D eigenvalue weighted by Gasteiger charge is 2.16. The summed E-state index contributed by atoms with van der Waals surface area (Å²) in [5.74, 6) is -0.942. The second-order valence-corrected chi connectivity index (χ2v) is 4.80. The van der Waals surface area contributed by atoms with Gasteiger partial charge in [-0.3, -0.25) is 4.79 Å². The molecule has 0 aliphatic carbocycles. The molecule has 0 spiro atoms. The number of urea groups is 1. The van der Waals surface area contributed by atoms with E-state index >= 15 is 0 Å². The molecule has 5 nitrogen and oxygen atoms in total. The zero-order valence-corrected chi connectivity index (χ0v) is 12.0. The van der Waals surface area contributed by atoms with Crippen molar-refractivity contribution in [2.24, 2.45) is 0 Å². The highest BCUT2D eigenvalue weighted by molar-refractivity contribution is 5.76. The molecule has 0 fully saturated rings. The van der Waals surface area contributed by atoms with Gasteiger partial charge in [0.1, 0.15) is 0 Å². The van der Waals surface area contributed by atoms with Crippen LogP contribution in [0.4, 0.5) is 4.79 Å². The van der Waals surface area contributed by atoms with Gasteiger partial charge < -0.3 is 15.7 Å². The molecule has 22 heavy (non-hydrogen) atoms. The first-order valence-corrected chi connectivity index (χ1v) is 7.03. The largest absolute Gasteiger partial charge is 0.481 e. The minimum atomic E-state index is -0.942. The number of carboxylic acids is 1. The summed E-state index contributed by atoms with van der Waals surface area (Å²) >= 11 is 0. The van der Waals surface area contributed by atoms with Gasteiger partial charge >= 0.3 is 12.0 Å². The second kappa shape index (κ2) is 7.83. The SMILES string of the molecule is O=C(O)CCNC(=O)NC(c1ccccc1)c1ccccc1. The molecule has 0 unspecified atom stereocenters. The maximum absolute atomic E-state index is 12.0. The van der Waals surface area contributed by atoms with Gasteiger partial charge in [0.05, 0.1) is 12.5 Å². The molecule has 2 rings (SSSR count). The van der Waals surface area contributed by atoms with Gasteiger partial charge in [0, 0.05) is 6.54 Å². The molecule has 0 saturated carbocycles. The average Bonchev–Trinajstić information content (AvgIpc) is 2.54. The van der Waals surface area contributed by atoms with Gasteiger partial charge in [-0.2, -0.15) is 0 Å². The lowest BCUT2D eigenvalue weighted by Crippen LogP contribution is -2.39. The zero-order chi connectivity index (χ0) is 15.8. The van der Waals surface area contributed by atoms with Gasteiger partial charge in [0.15, 0.2) is 0 Å². The Morgan fingerprint density at radius 2 is 1.41 bits per heavy atom. The third-order valence-corrected chi connectivity index (χ3v) is 3.17. The van der Waals surface area contributed by atoms with E-state index in [0.717, 1.165) is 11.1 Å². The van der Waals surface area contributed by atoms with E-state index in [-0.39, 0.29) is 25.0 Å². The molecular weight excluding hydrogens is 280 g/mol. The first-order valence-electron chi connectivity index (χ1n) is 7.03. The quantitative estimate of drug-likeness (QED) is 0.767. The van der Waals surface area contributed by atoms with Crippen LogP contribution >= 0.6 is 0 Å². The molecule has 0 atom stereocenters. The van der Waals surface area contributed by atoms with Gasteiger partial charge in [-0.15, -0.1) is 0 Å². The predicted octanol–water partition coefficient (Wildman–Crippen LogP) is 2.55. The van der Waals surface area contributed by atoms with E-state index in [4.69, 9.17) is 5.11 Å². The minimum Gasteiger partial charge on any atom is -0.481 e. The fourth-order valence-electron chi connectivity index (χ4n) is 2.12. The number of rotatable bonds is 6. The molecule has 0 radical (unpaired) electrons. The van der Waals surface area contributed by atoms with E-state index in [0.29, 0.717) is 0 Å². The van der Waals surface area contributed by atoms with Crippen LogP contribution in [-0.2, 0) is 4.79 Å². The number of carboxylic acid groups (broad SMARTS) is 1. The average molecular weight is 298 g/mol. The first-order chi connectivity index (χ1) is 10.7. The lowest BCUT2D eigenvalue weighted by Gasteiger charge is -2.20. The molecule has 0 aromatic heterocycles. The highest BCUT2D eigenvalue weighted by Crippen LogP contribution is 2.21. The van der Waals surface area contributed by atoms with Gasteiger partial charge in [-0.1, -0.05) is 60.7 Å². The van der Waals surface area contributed by atoms with E-state index in [2.05, 4.69) is 10.6 Å². The maximum atomic E-state index is 12.0. The summed E-state index contributed by atoms with van der Waals surface area (Å²) in [5.41, 5.74) is 1.92. The fraction of sp³-hybridized carbons (Fsp3) is 0.176. The Labute approximate surface area is 129 Å². The third kappa shape index (κ3) is 4.63. The fourth-order valence-corrected chi connectivity index (χ4v) is 2.12. The standard InChI is InChI=1S/C17H18N2O3/c20-15(21)11-12-18-17(22)19-16(13-7-3-1-4-8-13)14-9-5-2-6-10-14/h1-10,16H,11-12H2,(H,20,21)(H2,18,19,22). The third-order valence-electron chi connectivity index (χ3n) is 3.17. The smallest absolute Gasteiger partial charge is 0.315 e. The van der Waals surface area contributed by atoms with Crippen LogP contribution in [0.5, 0.6) is 0 Å². The number of carbonyl (C=O) groups excluding carboxylic acids is 1. The van der Waals surface area contributed by atoms with E-state index in [1.807, 2.05) is 60.7 Å². The van der Waals surface area contributed by atoms with Gasteiger partial charge in [0.2, 0.25) is 0 Å². The molecule has 0 heterocycles. The van der Waals surface area contributed by atoms with Gasteiger partial charge in [-0.25, -0.2) is 4.79 Å². The molecule has 2 aromatic rings. The molecular formula is C17H18N2O3. The topological polar surface area (TPSA) is 78.4 Å². The van der Waals surface area contributed by atoms with Crippen LogP contribution in [0.15, 0.2) is 60.7 Å². The molecule has 0 bridgehead atoms. The van der Waals surface area contributed by atoms with Crippen molar-refractivity contribution in [3.63, 3.8) is 0 Å². The summed E-state index contributed by atoms with van der Waals surface area (Å²) in [4.78, 5) is 22.4. The van der Waals surface area contributed by atoms with E-state index in [9.17, 15) is 9.59 Å². The summed E-state index contributed by atoms with van der Waals surface area (Å²) in [6.45, 7) is 0.0947. The number of benzene rings is 2. The molecule has 0 aliphatic heterocycles. The number of amides is 2. The Morgan fingerprint density at radius 1 is 0.909 bits per heavy atom. The highest BCUT2D eigenvalue weighted by atomic mass is 16.4. The Kier molecular flexibility index (Phi) is 5.54. The van der Waals surface area contributed by atoms with Crippen molar-refractivity contribution < 1.29 is 14.7 Å². The van der Waals surface area contributed by atoms with Crippen molar-refractivity contribution in [3.8, 4) is 0 Å². The monoisotopic (exact) mass is 298 g/mol. The lowest BCUT2D eigenvalue weighted by atomic mass is 9.99. The molecule has 2 amide bonds.